The van der Waals surface area contributed by atoms with Crippen molar-refractivity contribution in [2.45, 2.75) is 19.4 Å². The van der Waals surface area contributed by atoms with Gasteiger partial charge in [-0.25, -0.2) is 0 Å². The first kappa shape index (κ1) is 12.9. The van der Waals surface area contributed by atoms with Gasteiger partial charge >= 0.3 is 7.12 Å². The smallest absolute Gasteiger partial charge is 0.404 e. The Balaban J connectivity index is 1.87. The maximum absolute atomic E-state index is 5.97. The lowest BCUT2D eigenvalue weighted by Gasteiger charge is -2.15. The van der Waals surface area contributed by atoms with E-state index in [2.05, 4.69) is 68.4 Å². The number of hydrogen-bond acceptors (Lipinski definition) is 2. The van der Waals surface area contributed by atoms with E-state index in [9.17, 15) is 0 Å². The van der Waals surface area contributed by atoms with Crippen LogP contribution in [0.4, 0.5) is 0 Å². The molecule has 0 N–H and O–H groups in total. The van der Waals surface area contributed by atoms with E-state index in [1.165, 1.54) is 21.5 Å². The number of rotatable bonds is 1. The van der Waals surface area contributed by atoms with Gasteiger partial charge in [-0.2, -0.15) is 0 Å². The average molecular weight is 276 g/mol. The van der Waals surface area contributed by atoms with Crippen LogP contribution in [-0.4, -0.2) is 19.3 Å². The van der Waals surface area contributed by atoms with Gasteiger partial charge in [-0.15, -0.1) is 0 Å². The first-order valence-corrected chi connectivity index (χ1v) is 7.33. The summed E-state index contributed by atoms with van der Waals surface area (Å²) in [6.07, 6.45) is 0. The summed E-state index contributed by atoms with van der Waals surface area (Å²) >= 11 is 0. The minimum absolute atomic E-state index is 0.210. The molecule has 0 amide bonds. The molecule has 1 aliphatic heterocycles. The summed E-state index contributed by atoms with van der Waals surface area (Å²) in [5, 5.41) is 5.03. The molecule has 104 valence electrons. The van der Waals surface area contributed by atoms with Crippen LogP contribution in [0.15, 0.2) is 54.6 Å². The highest BCUT2D eigenvalue weighted by atomic mass is 16.7. The van der Waals surface area contributed by atoms with Crippen LogP contribution in [-0.2, 0) is 9.31 Å². The lowest BCUT2D eigenvalue weighted by atomic mass is 9.78. The van der Waals surface area contributed by atoms with E-state index in [-0.39, 0.29) is 12.7 Å². The van der Waals surface area contributed by atoms with Crippen molar-refractivity contribution in [2.24, 2.45) is 0 Å². The third-order valence-corrected chi connectivity index (χ3v) is 4.05. The van der Waals surface area contributed by atoms with Crippen molar-refractivity contribution in [3.8, 4) is 0 Å². The summed E-state index contributed by atoms with van der Waals surface area (Å²) in [6, 6.07) is 19.3. The van der Waals surface area contributed by atoms with Gasteiger partial charge in [0.2, 0.25) is 0 Å². The van der Waals surface area contributed by atoms with Crippen LogP contribution in [0, 0.1) is 0 Å². The third kappa shape index (κ3) is 2.23. The minimum Gasteiger partial charge on any atom is -0.404 e. The fourth-order valence-corrected chi connectivity index (χ4v) is 2.96. The minimum atomic E-state index is -0.261. The Kier molecular flexibility index (Phi) is 2.81. The second-order valence-electron chi connectivity index (χ2n) is 6.29. The molecule has 1 fully saturated rings. The van der Waals surface area contributed by atoms with E-state index in [1.54, 1.807) is 0 Å². The molecule has 0 bridgehead atoms. The Bertz CT molecular complexity index is 826. The lowest BCUT2D eigenvalue weighted by molar-refractivity contribution is 0.137. The van der Waals surface area contributed by atoms with Gasteiger partial charge < -0.3 is 9.31 Å². The van der Waals surface area contributed by atoms with Gasteiger partial charge in [-0.1, -0.05) is 54.6 Å². The van der Waals surface area contributed by atoms with E-state index in [1.807, 2.05) is 0 Å². The summed E-state index contributed by atoms with van der Waals surface area (Å²) in [7, 11) is -0.261. The van der Waals surface area contributed by atoms with Gasteiger partial charge in [0.1, 0.15) is 0 Å². The first-order valence-electron chi connectivity index (χ1n) is 7.33. The molecule has 2 nitrogen and oxygen atoms in total. The molecule has 4 rings (SSSR count). The van der Waals surface area contributed by atoms with Gasteiger partial charge in [0.25, 0.3) is 0 Å². The molecular formula is C18H17BO2. The predicted octanol–water partition coefficient (Wildman–Crippen LogP) is 3.51. The summed E-state index contributed by atoms with van der Waals surface area (Å²) in [6.45, 7) is 4.75. The predicted molar refractivity (Wildman–Crippen MR) is 88.0 cm³/mol. The Morgan fingerprint density at radius 3 is 2.38 bits per heavy atom. The normalized spacial score (nSPS) is 17.7. The molecule has 0 radical (unpaired) electrons. The van der Waals surface area contributed by atoms with Crippen LogP contribution in [0.1, 0.15) is 13.8 Å². The monoisotopic (exact) mass is 276 g/mol. The van der Waals surface area contributed by atoms with Gasteiger partial charge in [0, 0.05) is 0 Å². The Morgan fingerprint density at radius 1 is 0.905 bits per heavy atom. The molecule has 3 aromatic rings. The number of hydrogen-bond donors (Lipinski definition) is 0. The molecule has 0 aliphatic carbocycles. The fourth-order valence-electron chi connectivity index (χ4n) is 2.96. The Morgan fingerprint density at radius 2 is 1.62 bits per heavy atom. The molecule has 0 saturated carbocycles. The fraction of sp³-hybridized carbons (Fsp3) is 0.222. The summed E-state index contributed by atoms with van der Waals surface area (Å²) < 4.78 is 11.8. The van der Waals surface area contributed by atoms with Crippen LogP contribution in [0.25, 0.3) is 21.5 Å². The zero-order valence-corrected chi connectivity index (χ0v) is 12.3. The van der Waals surface area contributed by atoms with Crippen molar-refractivity contribution in [3.05, 3.63) is 54.6 Å². The van der Waals surface area contributed by atoms with E-state index < -0.39 is 0 Å². The SMILES string of the molecule is CC1(C)COB(c2ccc3ccc4ccccc4c3c2)O1. The molecule has 3 heteroatoms. The van der Waals surface area contributed by atoms with Crippen molar-refractivity contribution >= 4 is 34.1 Å². The first-order chi connectivity index (χ1) is 10.1. The summed E-state index contributed by atoms with van der Waals surface area (Å²) in [5.41, 5.74) is 0.877. The molecule has 0 atom stereocenters. The lowest BCUT2D eigenvalue weighted by Crippen LogP contribution is -2.34. The van der Waals surface area contributed by atoms with E-state index in [4.69, 9.17) is 9.31 Å². The highest BCUT2D eigenvalue weighted by Crippen LogP contribution is 2.26. The molecule has 0 aromatic heterocycles. The molecule has 0 unspecified atom stereocenters. The van der Waals surface area contributed by atoms with E-state index >= 15 is 0 Å². The van der Waals surface area contributed by atoms with Gasteiger partial charge in [0.15, 0.2) is 0 Å². The maximum Gasteiger partial charge on any atom is 0.494 e. The van der Waals surface area contributed by atoms with Crippen molar-refractivity contribution in [1.29, 1.82) is 0 Å². The van der Waals surface area contributed by atoms with Gasteiger partial charge in [-0.05, 0) is 40.9 Å². The van der Waals surface area contributed by atoms with Crippen LogP contribution in [0.2, 0.25) is 0 Å². The molecule has 0 spiro atoms. The Hall–Kier alpha value is -1.84. The molecule has 1 aliphatic rings. The van der Waals surface area contributed by atoms with Crippen molar-refractivity contribution in [2.75, 3.05) is 6.61 Å². The largest absolute Gasteiger partial charge is 0.494 e. The average Bonchev–Trinajstić information content (AvgIpc) is 2.87. The Labute approximate surface area is 124 Å². The van der Waals surface area contributed by atoms with Crippen LogP contribution in [0.5, 0.6) is 0 Å². The zero-order valence-electron chi connectivity index (χ0n) is 12.3. The van der Waals surface area contributed by atoms with Crippen molar-refractivity contribution in [3.63, 3.8) is 0 Å². The standard InChI is InChI=1S/C18H17BO2/c1-18(2)12-20-19(21-18)15-10-9-14-8-7-13-5-3-4-6-16(13)17(14)11-15/h3-11H,12H2,1-2H3. The van der Waals surface area contributed by atoms with Gasteiger partial charge in [-0.3, -0.25) is 0 Å². The maximum atomic E-state index is 5.97. The van der Waals surface area contributed by atoms with Crippen LogP contribution >= 0.6 is 0 Å². The third-order valence-electron chi connectivity index (χ3n) is 4.05. The summed E-state index contributed by atoms with van der Waals surface area (Å²) in [4.78, 5) is 0. The van der Waals surface area contributed by atoms with Crippen molar-refractivity contribution < 1.29 is 9.31 Å². The molecule has 3 aromatic carbocycles. The van der Waals surface area contributed by atoms with Crippen LogP contribution < -0.4 is 5.46 Å². The molecular weight excluding hydrogens is 259 g/mol. The van der Waals surface area contributed by atoms with E-state index in [0.29, 0.717) is 6.61 Å². The van der Waals surface area contributed by atoms with E-state index in [0.717, 1.165) is 5.46 Å². The molecule has 21 heavy (non-hydrogen) atoms. The highest BCUT2D eigenvalue weighted by Gasteiger charge is 2.38. The zero-order chi connectivity index (χ0) is 14.4. The van der Waals surface area contributed by atoms with Crippen molar-refractivity contribution in [1.82, 2.24) is 0 Å². The number of fused-ring (bicyclic) bond motifs is 3. The molecule has 1 heterocycles. The quantitative estimate of drug-likeness (QED) is 0.500. The topological polar surface area (TPSA) is 18.5 Å². The molecule has 1 saturated heterocycles. The van der Waals surface area contributed by atoms with Gasteiger partial charge in [0.05, 0.1) is 12.2 Å². The van der Waals surface area contributed by atoms with Crippen LogP contribution in [0.3, 0.4) is 0 Å². The number of benzene rings is 3. The summed E-state index contributed by atoms with van der Waals surface area (Å²) in [5.74, 6) is 0. The second-order valence-corrected chi connectivity index (χ2v) is 6.29. The highest BCUT2D eigenvalue weighted by molar-refractivity contribution is 6.62. The second kappa shape index (κ2) is 4.59.